The van der Waals surface area contributed by atoms with Gasteiger partial charge in [-0.15, -0.1) is 10.2 Å². The second kappa shape index (κ2) is 8.53. The van der Waals surface area contributed by atoms with Crippen LogP contribution in [-0.2, 0) is 0 Å². The highest BCUT2D eigenvalue weighted by atomic mass is 16.2. The molecular weight excluding hydrogens is 354 g/mol. The molecule has 1 amide bonds. The summed E-state index contributed by atoms with van der Waals surface area (Å²) in [5, 5.41) is 12.1. The van der Waals surface area contributed by atoms with Crippen LogP contribution < -0.4 is 0 Å². The zero-order chi connectivity index (χ0) is 19.2. The summed E-state index contributed by atoms with van der Waals surface area (Å²) in [5.74, 6) is 0.446. The summed E-state index contributed by atoms with van der Waals surface area (Å²) in [6, 6.07) is 13.7. The van der Waals surface area contributed by atoms with Crippen LogP contribution in [0.4, 0.5) is 0 Å². The Balaban J connectivity index is 1.28. The van der Waals surface area contributed by atoms with E-state index in [9.17, 15) is 4.79 Å². The van der Waals surface area contributed by atoms with Crippen molar-refractivity contribution in [2.75, 3.05) is 32.7 Å². The zero-order valence-electron chi connectivity index (χ0n) is 15.4. The number of hydrogen-bond acceptors (Lipinski definition) is 6. The third kappa shape index (κ3) is 4.29. The molecule has 142 valence electrons. The first-order valence-electron chi connectivity index (χ1n) is 9.21. The Labute approximate surface area is 163 Å². The highest BCUT2D eigenvalue weighted by Gasteiger charge is 2.22. The monoisotopic (exact) mass is 375 g/mol. The van der Waals surface area contributed by atoms with E-state index in [1.807, 2.05) is 23.1 Å². The number of benzene rings is 1. The van der Waals surface area contributed by atoms with Crippen molar-refractivity contribution in [3.8, 4) is 5.82 Å². The number of rotatable bonds is 5. The standard InChI is InChI=1S/C20H21N7O/c28-20(18-8-9-19(24-23-18)27-16-21-15-22-27)26-13-11-25(12-14-26)10-4-7-17-5-2-1-3-6-17/h1-9,15-16H,10-14H2/b7-4+. The number of piperazine rings is 1. The molecule has 0 saturated carbocycles. The van der Waals surface area contributed by atoms with E-state index in [1.165, 1.54) is 22.9 Å². The molecular formula is C20H21N7O. The maximum Gasteiger partial charge on any atom is 0.274 e. The van der Waals surface area contributed by atoms with Gasteiger partial charge in [0.2, 0.25) is 0 Å². The number of carbonyl (C=O) groups is 1. The fraction of sp³-hybridized carbons (Fsp3) is 0.250. The maximum absolute atomic E-state index is 12.7. The van der Waals surface area contributed by atoms with E-state index < -0.39 is 0 Å². The van der Waals surface area contributed by atoms with Gasteiger partial charge >= 0.3 is 0 Å². The van der Waals surface area contributed by atoms with Crippen LogP contribution in [0.2, 0.25) is 0 Å². The number of aromatic nitrogens is 5. The van der Waals surface area contributed by atoms with Gasteiger partial charge in [0.15, 0.2) is 11.5 Å². The molecule has 28 heavy (non-hydrogen) atoms. The molecule has 1 saturated heterocycles. The molecule has 1 aliphatic heterocycles. The minimum Gasteiger partial charge on any atom is -0.335 e. The lowest BCUT2D eigenvalue weighted by molar-refractivity contribution is 0.0643. The summed E-state index contributed by atoms with van der Waals surface area (Å²) in [5.41, 5.74) is 1.55. The first-order chi connectivity index (χ1) is 13.8. The van der Waals surface area contributed by atoms with E-state index in [0.717, 1.165) is 19.6 Å². The quantitative estimate of drug-likeness (QED) is 0.673. The van der Waals surface area contributed by atoms with Gasteiger partial charge in [-0.3, -0.25) is 9.69 Å². The van der Waals surface area contributed by atoms with Crippen LogP contribution in [0.1, 0.15) is 16.1 Å². The molecule has 0 atom stereocenters. The van der Waals surface area contributed by atoms with Gasteiger partial charge in [0.05, 0.1) is 0 Å². The molecule has 0 aliphatic carbocycles. The zero-order valence-corrected chi connectivity index (χ0v) is 15.4. The average molecular weight is 375 g/mol. The van der Waals surface area contributed by atoms with E-state index in [0.29, 0.717) is 24.6 Å². The molecule has 4 rings (SSSR count). The van der Waals surface area contributed by atoms with Crippen molar-refractivity contribution >= 4 is 12.0 Å². The number of amides is 1. The van der Waals surface area contributed by atoms with Crippen molar-refractivity contribution < 1.29 is 4.79 Å². The van der Waals surface area contributed by atoms with E-state index in [4.69, 9.17) is 0 Å². The Hall–Kier alpha value is -3.39. The summed E-state index contributed by atoms with van der Waals surface area (Å²) in [6.07, 6.45) is 7.26. The predicted molar refractivity (Wildman–Crippen MR) is 105 cm³/mol. The van der Waals surface area contributed by atoms with Crippen LogP contribution in [0.5, 0.6) is 0 Å². The summed E-state index contributed by atoms with van der Waals surface area (Å²) < 4.78 is 1.50. The summed E-state index contributed by atoms with van der Waals surface area (Å²) >= 11 is 0. The van der Waals surface area contributed by atoms with E-state index in [1.54, 1.807) is 12.1 Å². The maximum atomic E-state index is 12.7. The molecule has 8 nitrogen and oxygen atoms in total. The fourth-order valence-corrected chi connectivity index (χ4v) is 3.09. The summed E-state index contributed by atoms with van der Waals surface area (Å²) in [6.45, 7) is 3.93. The predicted octanol–water partition coefficient (Wildman–Crippen LogP) is 1.53. The summed E-state index contributed by atoms with van der Waals surface area (Å²) in [7, 11) is 0. The number of hydrogen-bond donors (Lipinski definition) is 0. The van der Waals surface area contributed by atoms with Gasteiger partial charge in [-0.05, 0) is 17.7 Å². The topological polar surface area (TPSA) is 80.0 Å². The second-order valence-corrected chi connectivity index (χ2v) is 6.52. The molecule has 0 N–H and O–H groups in total. The average Bonchev–Trinajstić information content (AvgIpc) is 3.30. The Morgan fingerprint density at radius 1 is 1.00 bits per heavy atom. The Kier molecular flexibility index (Phi) is 5.48. The molecule has 3 aromatic rings. The van der Waals surface area contributed by atoms with Crippen molar-refractivity contribution in [2.45, 2.75) is 0 Å². The Morgan fingerprint density at radius 2 is 1.82 bits per heavy atom. The molecule has 0 spiro atoms. The third-order valence-corrected chi connectivity index (χ3v) is 4.66. The van der Waals surface area contributed by atoms with Gasteiger partial charge in [0, 0.05) is 32.7 Å². The Morgan fingerprint density at radius 3 is 2.50 bits per heavy atom. The minimum atomic E-state index is -0.0860. The third-order valence-electron chi connectivity index (χ3n) is 4.66. The van der Waals surface area contributed by atoms with Gasteiger partial charge in [-0.25, -0.2) is 9.67 Å². The smallest absolute Gasteiger partial charge is 0.274 e. The first kappa shape index (κ1) is 18.0. The van der Waals surface area contributed by atoms with Crippen molar-refractivity contribution in [1.29, 1.82) is 0 Å². The van der Waals surface area contributed by atoms with Gasteiger partial charge in [-0.1, -0.05) is 42.5 Å². The fourth-order valence-electron chi connectivity index (χ4n) is 3.09. The van der Waals surface area contributed by atoms with Crippen molar-refractivity contribution in [3.63, 3.8) is 0 Å². The van der Waals surface area contributed by atoms with Crippen molar-refractivity contribution in [1.82, 2.24) is 34.8 Å². The summed E-state index contributed by atoms with van der Waals surface area (Å²) in [4.78, 5) is 20.7. The van der Waals surface area contributed by atoms with Crippen molar-refractivity contribution in [3.05, 3.63) is 72.5 Å². The normalized spacial score (nSPS) is 15.2. The lowest BCUT2D eigenvalue weighted by Gasteiger charge is -2.33. The van der Waals surface area contributed by atoms with E-state index in [-0.39, 0.29) is 5.91 Å². The molecule has 0 unspecified atom stereocenters. The molecule has 3 heterocycles. The molecule has 1 aromatic carbocycles. The molecule has 0 bridgehead atoms. The minimum absolute atomic E-state index is 0.0860. The lowest BCUT2D eigenvalue weighted by atomic mass is 10.2. The Bertz CT molecular complexity index is 915. The van der Waals surface area contributed by atoms with Gasteiger partial charge in [-0.2, -0.15) is 5.10 Å². The van der Waals surface area contributed by atoms with Crippen LogP contribution in [-0.4, -0.2) is 73.4 Å². The number of carbonyl (C=O) groups excluding carboxylic acids is 1. The molecule has 8 heteroatoms. The van der Waals surface area contributed by atoms with Crippen LogP contribution in [0.25, 0.3) is 11.9 Å². The van der Waals surface area contributed by atoms with E-state index in [2.05, 4.69) is 49.5 Å². The van der Waals surface area contributed by atoms with Gasteiger partial charge < -0.3 is 4.90 Å². The molecule has 0 radical (unpaired) electrons. The highest BCUT2D eigenvalue weighted by Crippen LogP contribution is 2.09. The SMILES string of the molecule is O=C(c1ccc(-n2cncn2)nn1)N1CCN(C/C=C/c2ccccc2)CC1. The van der Waals surface area contributed by atoms with Crippen LogP contribution >= 0.6 is 0 Å². The number of nitrogens with zero attached hydrogens (tertiary/aromatic N) is 7. The highest BCUT2D eigenvalue weighted by molar-refractivity contribution is 5.92. The molecule has 1 fully saturated rings. The van der Waals surface area contributed by atoms with Crippen LogP contribution in [0, 0.1) is 0 Å². The molecule has 1 aliphatic rings. The first-order valence-corrected chi connectivity index (χ1v) is 9.21. The molecule has 2 aromatic heterocycles. The van der Waals surface area contributed by atoms with Crippen LogP contribution in [0.15, 0.2) is 61.2 Å². The van der Waals surface area contributed by atoms with Gasteiger partial charge in [0.25, 0.3) is 5.91 Å². The lowest BCUT2D eigenvalue weighted by Crippen LogP contribution is -2.48. The second-order valence-electron chi connectivity index (χ2n) is 6.52. The van der Waals surface area contributed by atoms with Gasteiger partial charge in [0.1, 0.15) is 12.7 Å². The van der Waals surface area contributed by atoms with E-state index >= 15 is 0 Å². The van der Waals surface area contributed by atoms with Crippen molar-refractivity contribution in [2.24, 2.45) is 0 Å². The van der Waals surface area contributed by atoms with Crippen LogP contribution in [0.3, 0.4) is 0 Å². The largest absolute Gasteiger partial charge is 0.335 e.